The van der Waals surface area contributed by atoms with E-state index in [0.717, 1.165) is 0 Å². The van der Waals surface area contributed by atoms with E-state index in [1.54, 1.807) is 0 Å². The largest absolute Gasteiger partial charge is 0.394 e. The summed E-state index contributed by atoms with van der Waals surface area (Å²) in [7, 11) is 0. The Morgan fingerprint density at radius 2 is 0.600 bits per heavy atom. The van der Waals surface area contributed by atoms with Crippen LogP contribution in [0.1, 0.15) is 13.8 Å². The predicted molar refractivity (Wildman–Crippen MR) is 196 cm³/mol. The lowest BCUT2D eigenvalue weighted by atomic mass is 9.95. The van der Waals surface area contributed by atoms with Crippen molar-refractivity contribution < 1.29 is 144 Å². The Morgan fingerprint density at radius 3 is 1.09 bits per heavy atom. The number of aliphatic hydroxyl groups excluding tert-OH is 18. The van der Waals surface area contributed by atoms with Gasteiger partial charge in [0.1, 0.15) is 134 Å². The third-order valence-electron chi connectivity index (χ3n) is 12.4. The molecular weight excluding hydrogens is 896 g/mol. The maximum atomic E-state index is 11.6. The maximum Gasteiger partial charge on any atom is 0.187 e. The molecule has 6 rings (SSSR count). The summed E-state index contributed by atoms with van der Waals surface area (Å²) in [6.07, 6.45) is -54.9. The molecule has 0 aliphatic carbocycles. The Hall–Kier alpha value is -1.16. The van der Waals surface area contributed by atoms with Crippen LogP contribution in [0.3, 0.4) is 0 Å². The summed E-state index contributed by atoms with van der Waals surface area (Å²) in [5.74, 6) is 0. The van der Waals surface area contributed by atoms with Gasteiger partial charge in [-0.1, -0.05) is 0 Å². The Balaban J connectivity index is 1.17. The highest BCUT2D eigenvalue weighted by atomic mass is 16.8. The second-order valence-corrected chi connectivity index (χ2v) is 16.7. The number of aliphatic hydroxyl groups is 18. The molecule has 0 saturated carbocycles. The topological polar surface area (TPSA) is 466 Å². The van der Waals surface area contributed by atoms with E-state index in [2.05, 4.69) is 0 Å². The Labute approximate surface area is 368 Å². The first-order valence-corrected chi connectivity index (χ1v) is 20.9. The highest BCUT2D eigenvalue weighted by Gasteiger charge is 2.57. The zero-order valence-electron chi connectivity index (χ0n) is 34.7. The predicted octanol–water partition coefficient (Wildman–Crippen LogP) is -12.0. The van der Waals surface area contributed by atoms with E-state index in [0.29, 0.717) is 0 Å². The zero-order chi connectivity index (χ0) is 47.9. The first-order chi connectivity index (χ1) is 30.7. The Kier molecular flexibility index (Phi) is 18.2. The normalized spacial score (nSPS) is 54.6. The summed E-state index contributed by atoms with van der Waals surface area (Å²) in [6.45, 7) is -1.14. The van der Waals surface area contributed by atoms with E-state index >= 15 is 0 Å². The molecule has 18 N–H and O–H groups in total. The van der Waals surface area contributed by atoms with Crippen molar-refractivity contribution in [1.29, 1.82) is 0 Å². The number of ether oxygens (including phenoxy) is 11. The van der Waals surface area contributed by atoms with E-state index < -0.39 is 211 Å². The molecule has 380 valence electrons. The molecule has 0 aromatic carbocycles. The molecule has 30 atom stereocenters. The second kappa shape index (κ2) is 22.3. The average molecular weight is 959 g/mol. The minimum atomic E-state index is -2.18. The smallest absolute Gasteiger partial charge is 0.187 e. The van der Waals surface area contributed by atoms with Crippen LogP contribution < -0.4 is 0 Å². The van der Waals surface area contributed by atoms with Gasteiger partial charge in [0.05, 0.1) is 38.6 Å². The van der Waals surface area contributed by atoms with Crippen LogP contribution in [0.25, 0.3) is 0 Å². The van der Waals surface area contributed by atoms with Gasteiger partial charge in [0, 0.05) is 0 Å². The second-order valence-electron chi connectivity index (χ2n) is 16.7. The van der Waals surface area contributed by atoms with Crippen molar-refractivity contribution in [3.63, 3.8) is 0 Å². The van der Waals surface area contributed by atoms with Crippen LogP contribution in [-0.2, 0) is 52.1 Å². The van der Waals surface area contributed by atoms with Crippen molar-refractivity contribution in [3.05, 3.63) is 0 Å². The van der Waals surface area contributed by atoms with Gasteiger partial charge in [-0.2, -0.15) is 0 Å². The van der Waals surface area contributed by atoms with Crippen LogP contribution >= 0.6 is 0 Å². The fourth-order valence-corrected chi connectivity index (χ4v) is 8.37. The van der Waals surface area contributed by atoms with Crippen LogP contribution in [0, 0.1) is 0 Å². The summed E-state index contributed by atoms with van der Waals surface area (Å²) < 4.78 is 61.3. The summed E-state index contributed by atoms with van der Waals surface area (Å²) in [5, 5.41) is 191. The van der Waals surface area contributed by atoms with Crippen molar-refractivity contribution >= 4 is 0 Å². The van der Waals surface area contributed by atoms with Crippen LogP contribution in [0.15, 0.2) is 0 Å². The van der Waals surface area contributed by atoms with Gasteiger partial charge < -0.3 is 144 Å². The molecule has 0 aromatic rings. The van der Waals surface area contributed by atoms with E-state index in [4.69, 9.17) is 52.1 Å². The van der Waals surface area contributed by atoms with Gasteiger partial charge in [-0.05, 0) is 13.8 Å². The highest BCUT2D eigenvalue weighted by Crippen LogP contribution is 2.37. The Bertz CT molecular complexity index is 1470. The van der Waals surface area contributed by atoms with E-state index in [-0.39, 0.29) is 0 Å². The summed E-state index contributed by atoms with van der Waals surface area (Å²) >= 11 is 0. The van der Waals surface area contributed by atoms with Crippen molar-refractivity contribution in [2.75, 3.05) is 26.4 Å². The van der Waals surface area contributed by atoms with Crippen molar-refractivity contribution in [2.45, 2.75) is 198 Å². The monoisotopic (exact) mass is 958 g/mol. The van der Waals surface area contributed by atoms with Gasteiger partial charge >= 0.3 is 0 Å². The fourth-order valence-electron chi connectivity index (χ4n) is 8.37. The number of rotatable bonds is 14. The van der Waals surface area contributed by atoms with Crippen molar-refractivity contribution in [3.8, 4) is 0 Å². The van der Waals surface area contributed by atoms with Crippen LogP contribution in [0.2, 0.25) is 0 Å². The van der Waals surface area contributed by atoms with Gasteiger partial charge in [0.15, 0.2) is 37.7 Å². The van der Waals surface area contributed by atoms with Gasteiger partial charge in [0.25, 0.3) is 0 Å². The molecule has 0 amide bonds. The first kappa shape index (κ1) is 53.2. The Morgan fingerprint density at radius 1 is 0.277 bits per heavy atom. The SMILES string of the molecule is C[C@@H]1O[C@@H](O[C@H]2[C@H](O[C@H]3[C@@H](O)[C@@H](CO)O[C@H](O[C@H]4[C@@H](O)[C@@H](CO)O[C@@H](O[C@H]5[C@H](O)[C@@H](O)[C@H](O[C@H]6[C@@H](O)[C@@H](CO)OC(O)[C@@H]6O)O[C@@H]5CO)[C@@H]4O)[C@@H]3O)O[C@@H](C)[C@H](O)[C@H]2O)[C@H](O)[C@H](O)[C@H]1O. The van der Waals surface area contributed by atoms with Crippen molar-refractivity contribution in [2.24, 2.45) is 0 Å². The quantitative estimate of drug-likeness (QED) is 0.0768. The van der Waals surface area contributed by atoms with E-state index in [1.165, 1.54) is 13.8 Å². The molecule has 0 bridgehead atoms. The third-order valence-corrected chi connectivity index (χ3v) is 12.4. The highest BCUT2D eigenvalue weighted by molar-refractivity contribution is 4.99. The summed E-state index contributed by atoms with van der Waals surface area (Å²) in [6, 6.07) is 0. The fraction of sp³-hybridized carbons (Fsp3) is 1.00. The van der Waals surface area contributed by atoms with Gasteiger partial charge in [-0.3, -0.25) is 0 Å². The molecule has 6 saturated heterocycles. The van der Waals surface area contributed by atoms with Gasteiger partial charge in [-0.25, -0.2) is 0 Å². The zero-order valence-corrected chi connectivity index (χ0v) is 34.7. The van der Waals surface area contributed by atoms with Gasteiger partial charge in [0.2, 0.25) is 0 Å². The molecule has 6 aliphatic heterocycles. The lowest BCUT2D eigenvalue weighted by molar-refractivity contribution is -0.400. The molecule has 6 fully saturated rings. The molecule has 0 spiro atoms. The minimum absolute atomic E-state index is 0.830. The summed E-state index contributed by atoms with van der Waals surface area (Å²) in [5.41, 5.74) is 0. The number of hydrogen-bond acceptors (Lipinski definition) is 29. The molecule has 6 aliphatic rings. The molecule has 65 heavy (non-hydrogen) atoms. The lowest BCUT2D eigenvalue weighted by Gasteiger charge is -2.50. The lowest BCUT2D eigenvalue weighted by Crippen LogP contribution is -2.68. The van der Waals surface area contributed by atoms with Crippen LogP contribution in [-0.4, -0.2) is 303 Å². The molecule has 0 aromatic heterocycles. The van der Waals surface area contributed by atoms with Gasteiger partial charge in [-0.15, -0.1) is 0 Å². The molecular formula is C36H62O29. The molecule has 1 unspecified atom stereocenters. The molecule has 6 heterocycles. The standard InChI is InChI=1S/C36H62O29/c1-7-13(41)18(46)21(49)32(55-7)65-30-19(47)14(42)8(2)56-36(30)64-29-17(45)11(5-39)59-35(25(29)53)63-28-16(44)10(4-38)58-34(24(28)52)61-26-12(6-40)60-33(22(50)20(26)48)62-27-15(43)9(3-37)57-31(54)23(27)51/h7-54H,3-6H2,1-2H3/t7-,8-,9+,10+,11+,12+,13-,14-,15-,16-,17-,18+,19+,20+,21+,22+,23+,24+,25+,26+,27-,28-,29-,30+,31?,32-,33-,34-,35+,36-/m0/s1. The molecule has 29 nitrogen and oxygen atoms in total. The van der Waals surface area contributed by atoms with E-state index in [1.807, 2.05) is 0 Å². The molecule has 29 heteroatoms. The molecule has 0 radical (unpaired) electrons. The number of hydrogen-bond donors (Lipinski definition) is 18. The first-order valence-electron chi connectivity index (χ1n) is 20.9. The average Bonchev–Trinajstić information content (AvgIpc) is 3.28. The maximum absolute atomic E-state index is 11.6. The van der Waals surface area contributed by atoms with Crippen LogP contribution in [0.5, 0.6) is 0 Å². The van der Waals surface area contributed by atoms with Crippen molar-refractivity contribution in [1.82, 2.24) is 0 Å². The third kappa shape index (κ3) is 10.8. The minimum Gasteiger partial charge on any atom is -0.394 e. The van der Waals surface area contributed by atoms with Crippen LogP contribution in [0.4, 0.5) is 0 Å². The summed E-state index contributed by atoms with van der Waals surface area (Å²) in [4.78, 5) is 0. The van der Waals surface area contributed by atoms with E-state index in [9.17, 15) is 91.9 Å².